The highest BCUT2D eigenvalue weighted by atomic mass is 35.5. The molecule has 0 aliphatic rings. The molecule has 0 heterocycles. The summed E-state index contributed by atoms with van der Waals surface area (Å²) in [6.45, 7) is 5.42. The zero-order valence-corrected chi connectivity index (χ0v) is 12.4. The van der Waals surface area contributed by atoms with Gasteiger partial charge in [0.1, 0.15) is 0 Å². The topological polar surface area (TPSA) is 50.4 Å². The van der Waals surface area contributed by atoms with Crippen LogP contribution in [0.1, 0.15) is 18.1 Å². The molecular weight excluding hydrogens is 264 g/mol. The molecule has 1 unspecified atom stereocenters. The van der Waals surface area contributed by atoms with Crippen molar-refractivity contribution in [1.82, 2.24) is 10.6 Å². The molecule has 1 amide bonds. The maximum Gasteiger partial charge on any atom is 0.236 e. The van der Waals surface area contributed by atoms with Crippen LogP contribution in [0.25, 0.3) is 0 Å². The monoisotopic (exact) mass is 284 g/mol. The number of amides is 1. The average Bonchev–Trinajstić information content (AvgIpc) is 2.37. The van der Waals surface area contributed by atoms with Gasteiger partial charge in [-0.25, -0.2) is 0 Å². The molecule has 0 fully saturated rings. The van der Waals surface area contributed by atoms with Crippen molar-refractivity contribution in [2.24, 2.45) is 0 Å². The molecule has 0 spiro atoms. The van der Waals surface area contributed by atoms with Gasteiger partial charge in [-0.05, 0) is 31.0 Å². The van der Waals surface area contributed by atoms with Crippen molar-refractivity contribution in [3.05, 3.63) is 34.3 Å². The molecule has 0 aliphatic heterocycles. The van der Waals surface area contributed by atoms with Crippen LogP contribution in [-0.2, 0) is 16.1 Å². The Kier molecular flexibility index (Phi) is 6.84. The van der Waals surface area contributed by atoms with Gasteiger partial charge >= 0.3 is 0 Å². The lowest BCUT2D eigenvalue weighted by molar-refractivity contribution is -0.122. The zero-order chi connectivity index (χ0) is 14.3. The van der Waals surface area contributed by atoms with Crippen LogP contribution in [0.4, 0.5) is 0 Å². The van der Waals surface area contributed by atoms with Crippen LogP contribution >= 0.6 is 11.6 Å². The number of nitrogens with one attached hydrogen (secondary N) is 2. The van der Waals surface area contributed by atoms with Crippen molar-refractivity contribution >= 4 is 17.5 Å². The highest BCUT2D eigenvalue weighted by Crippen LogP contribution is 2.17. The van der Waals surface area contributed by atoms with E-state index in [2.05, 4.69) is 10.6 Å². The smallest absolute Gasteiger partial charge is 0.236 e. The van der Waals surface area contributed by atoms with Crippen LogP contribution in [0.3, 0.4) is 0 Å². The Morgan fingerprint density at radius 3 is 2.84 bits per heavy atom. The fraction of sp³-hybridized carbons (Fsp3) is 0.500. The molecule has 1 aromatic carbocycles. The summed E-state index contributed by atoms with van der Waals surface area (Å²) < 4.78 is 4.88. The lowest BCUT2D eigenvalue weighted by Crippen LogP contribution is -2.42. The molecule has 0 aliphatic carbocycles. The van der Waals surface area contributed by atoms with Gasteiger partial charge in [0.15, 0.2) is 0 Å². The standard InChI is InChI=1S/C14H21ClN2O2/c1-10-4-5-12(13(15)8-10)9-17-11(2)14(18)16-6-7-19-3/h4-5,8,11,17H,6-7,9H2,1-3H3,(H,16,18). The first kappa shape index (κ1) is 16.0. The number of methoxy groups -OCH3 is 1. The summed E-state index contributed by atoms with van der Waals surface area (Å²) in [4.78, 5) is 11.7. The van der Waals surface area contributed by atoms with Crippen LogP contribution in [0.2, 0.25) is 5.02 Å². The van der Waals surface area contributed by atoms with Crippen molar-refractivity contribution in [3.63, 3.8) is 0 Å². The minimum absolute atomic E-state index is 0.0414. The third-order valence-corrected chi connectivity index (χ3v) is 3.16. The fourth-order valence-corrected chi connectivity index (χ4v) is 1.88. The number of carbonyl (C=O) groups excluding carboxylic acids is 1. The number of hydrogen-bond donors (Lipinski definition) is 2. The molecule has 0 aromatic heterocycles. The second-order valence-electron chi connectivity index (χ2n) is 4.48. The number of hydrogen-bond acceptors (Lipinski definition) is 3. The Morgan fingerprint density at radius 1 is 1.47 bits per heavy atom. The third-order valence-electron chi connectivity index (χ3n) is 2.81. The van der Waals surface area contributed by atoms with E-state index in [9.17, 15) is 4.79 Å². The number of carbonyl (C=O) groups is 1. The highest BCUT2D eigenvalue weighted by Gasteiger charge is 2.11. The fourth-order valence-electron chi connectivity index (χ4n) is 1.58. The van der Waals surface area contributed by atoms with Crippen molar-refractivity contribution in [3.8, 4) is 0 Å². The third kappa shape index (κ3) is 5.59. The van der Waals surface area contributed by atoms with Gasteiger partial charge in [-0.3, -0.25) is 4.79 Å². The first-order valence-electron chi connectivity index (χ1n) is 6.29. The summed E-state index contributed by atoms with van der Waals surface area (Å²) in [7, 11) is 1.60. The van der Waals surface area contributed by atoms with Crippen LogP contribution in [0.5, 0.6) is 0 Å². The van der Waals surface area contributed by atoms with Gasteiger partial charge in [-0.15, -0.1) is 0 Å². The lowest BCUT2D eigenvalue weighted by atomic mass is 10.1. The van der Waals surface area contributed by atoms with Crippen molar-refractivity contribution in [1.29, 1.82) is 0 Å². The van der Waals surface area contributed by atoms with Crippen LogP contribution < -0.4 is 10.6 Å². The molecule has 2 N–H and O–H groups in total. The highest BCUT2D eigenvalue weighted by molar-refractivity contribution is 6.31. The number of halogens is 1. The normalized spacial score (nSPS) is 12.2. The molecule has 0 bridgehead atoms. The van der Waals surface area contributed by atoms with E-state index in [0.29, 0.717) is 19.7 Å². The second kappa shape index (κ2) is 8.15. The molecule has 0 radical (unpaired) electrons. The Hall–Kier alpha value is -1.10. The molecule has 1 aromatic rings. The first-order chi connectivity index (χ1) is 9.04. The summed E-state index contributed by atoms with van der Waals surface area (Å²) in [6.07, 6.45) is 0. The minimum atomic E-state index is -0.269. The van der Waals surface area contributed by atoms with Crippen molar-refractivity contribution in [2.45, 2.75) is 26.4 Å². The van der Waals surface area contributed by atoms with E-state index in [-0.39, 0.29) is 11.9 Å². The Bertz CT molecular complexity index is 424. The Morgan fingerprint density at radius 2 is 2.21 bits per heavy atom. The molecule has 0 saturated carbocycles. The van der Waals surface area contributed by atoms with Gasteiger partial charge in [0.25, 0.3) is 0 Å². The van der Waals surface area contributed by atoms with E-state index >= 15 is 0 Å². The van der Waals surface area contributed by atoms with E-state index in [1.165, 1.54) is 0 Å². The van der Waals surface area contributed by atoms with E-state index in [0.717, 1.165) is 16.1 Å². The van der Waals surface area contributed by atoms with Gasteiger partial charge in [-0.2, -0.15) is 0 Å². The molecule has 5 heteroatoms. The molecule has 1 rings (SSSR count). The maximum absolute atomic E-state index is 11.7. The Balaban J connectivity index is 2.40. The minimum Gasteiger partial charge on any atom is -0.383 e. The molecule has 0 saturated heterocycles. The summed E-state index contributed by atoms with van der Waals surface area (Å²) >= 11 is 6.14. The Labute approximate surface area is 119 Å². The molecular formula is C14H21ClN2O2. The number of aryl methyl sites for hydroxylation is 1. The molecule has 1 atom stereocenters. The van der Waals surface area contributed by atoms with E-state index < -0.39 is 0 Å². The predicted molar refractivity (Wildman–Crippen MR) is 77.4 cm³/mol. The van der Waals surface area contributed by atoms with Crippen molar-refractivity contribution < 1.29 is 9.53 Å². The summed E-state index contributed by atoms with van der Waals surface area (Å²) in [5, 5.41) is 6.65. The van der Waals surface area contributed by atoms with Gasteiger partial charge in [0.2, 0.25) is 5.91 Å². The van der Waals surface area contributed by atoms with Gasteiger partial charge in [0, 0.05) is 25.2 Å². The summed E-state index contributed by atoms with van der Waals surface area (Å²) in [6, 6.07) is 5.63. The van der Waals surface area contributed by atoms with E-state index in [1.54, 1.807) is 7.11 Å². The van der Waals surface area contributed by atoms with Crippen molar-refractivity contribution in [2.75, 3.05) is 20.3 Å². The van der Waals surface area contributed by atoms with Gasteiger partial charge in [0.05, 0.1) is 12.6 Å². The zero-order valence-electron chi connectivity index (χ0n) is 11.6. The van der Waals surface area contributed by atoms with E-state index in [1.807, 2.05) is 32.0 Å². The molecule has 106 valence electrons. The summed E-state index contributed by atoms with van der Waals surface area (Å²) in [5.74, 6) is -0.0414. The number of rotatable bonds is 7. The lowest BCUT2D eigenvalue weighted by Gasteiger charge is -2.14. The quantitative estimate of drug-likeness (QED) is 0.752. The van der Waals surface area contributed by atoms with Crippen LogP contribution in [0.15, 0.2) is 18.2 Å². The average molecular weight is 285 g/mol. The second-order valence-corrected chi connectivity index (χ2v) is 4.89. The number of ether oxygens (including phenoxy) is 1. The van der Waals surface area contributed by atoms with E-state index in [4.69, 9.17) is 16.3 Å². The predicted octanol–water partition coefficient (Wildman–Crippen LogP) is 1.89. The largest absolute Gasteiger partial charge is 0.383 e. The van der Waals surface area contributed by atoms with Gasteiger partial charge in [-0.1, -0.05) is 23.7 Å². The first-order valence-corrected chi connectivity index (χ1v) is 6.67. The molecule has 4 nitrogen and oxygen atoms in total. The summed E-state index contributed by atoms with van der Waals surface area (Å²) in [5.41, 5.74) is 2.11. The van der Waals surface area contributed by atoms with Gasteiger partial charge < -0.3 is 15.4 Å². The molecule has 19 heavy (non-hydrogen) atoms. The maximum atomic E-state index is 11.7. The number of benzene rings is 1. The van der Waals surface area contributed by atoms with Crippen LogP contribution in [-0.4, -0.2) is 32.2 Å². The van der Waals surface area contributed by atoms with Crippen LogP contribution in [0, 0.1) is 6.92 Å². The SMILES string of the molecule is COCCNC(=O)C(C)NCc1ccc(C)cc1Cl.